The second-order valence-corrected chi connectivity index (χ2v) is 1.47. The van der Waals surface area contributed by atoms with E-state index in [4.69, 9.17) is 32.2 Å². The summed E-state index contributed by atoms with van der Waals surface area (Å²) in [5.74, 6) is 0. The van der Waals surface area contributed by atoms with Gasteiger partial charge in [0.2, 0.25) is 0 Å². The molecule has 0 bridgehead atoms. The van der Waals surface area contributed by atoms with Crippen LogP contribution in [0.1, 0.15) is 6.42 Å². The molecule has 0 heterocycles. The number of aliphatic hydroxyl groups excluding tert-OH is 1. The molecule has 0 amide bonds. The van der Waals surface area contributed by atoms with Crippen LogP contribution in [0, 0.1) is 10.1 Å². The van der Waals surface area contributed by atoms with Crippen LogP contribution in [-0.4, -0.2) is 28.6 Å². The molecule has 0 aliphatic rings. The standard InChI is InChI=1S/C3H8ClNO.HNO3/c4-5-2-1-3-6;2-1(3)4/h5-6H,1-3H2;(H,2,3,4). The van der Waals surface area contributed by atoms with E-state index >= 15 is 0 Å². The summed E-state index contributed by atoms with van der Waals surface area (Å²) in [7, 11) is 0. The highest BCUT2D eigenvalue weighted by Gasteiger charge is 1.76. The maximum Gasteiger partial charge on any atom is 0.291 e. The average Bonchev–Trinajstić information content (AvgIpc) is 1.82. The molecule has 7 heteroatoms. The Kier molecular flexibility index (Phi) is 13.6. The van der Waals surface area contributed by atoms with Gasteiger partial charge in [0.25, 0.3) is 5.09 Å². The third-order valence-electron chi connectivity index (χ3n) is 0.429. The van der Waals surface area contributed by atoms with E-state index < -0.39 is 5.09 Å². The maximum absolute atomic E-state index is 8.36. The van der Waals surface area contributed by atoms with Crippen LogP contribution in [-0.2, 0) is 0 Å². The second kappa shape index (κ2) is 11.2. The van der Waals surface area contributed by atoms with E-state index in [1.807, 2.05) is 0 Å². The summed E-state index contributed by atoms with van der Waals surface area (Å²) in [5.41, 5.74) is 0. The van der Waals surface area contributed by atoms with Crippen molar-refractivity contribution in [2.45, 2.75) is 6.42 Å². The molecule has 0 saturated heterocycles. The molecule has 10 heavy (non-hydrogen) atoms. The molecule has 0 unspecified atom stereocenters. The van der Waals surface area contributed by atoms with Crippen LogP contribution in [0.5, 0.6) is 0 Å². The minimum absolute atomic E-state index is 0.208. The van der Waals surface area contributed by atoms with Crippen LogP contribution < -0.4 is 4.84 Å². The molecule has 0 aliphatic carbocycles. The highest BCUT2D eigenvalue weighted by Crippen LogP contribution is 1.70. The predicted molar refractivity (Wildman–Crippen MR) is 34.3 cm³/mol. The Hall–Kier alpha value is -0.590. The van der Waals surface area contributed by atoms with E-state index in [0.717, 1.165) is 6.42 Å². The zero-order valence-corrected chi connectivity index (χ0v) is 5.91. The number of nitrogens with one attached hydrogen (secondary N) is 1. The van der Waals surface area contributed by atoms with Gasteiger partial charge in [-0.15, -0.1) is 10.1 Å². The monoisotopic (exact) mass is 172 g/mol. The Bertz CT molecular complexity index is 72.9. The van der Waals surface area contributed by atoms with Crippen molar-refractivity contribution >= 4 is 11.8 Å². The molecule has 0 fully saturated rings. The van der Waals surface area contributed by atoms with E-state index in [1.54, 1.807) is 0 Å². The highest BCUT2D eigenvalue weighted by atomic mass is 35.5. The van der Waals surface area contributed by atoms with Crippen molar-refractivity contribution in [2.24, 2.45) is 0 Å². The summed E-state index contributed by atoms with van der Waals surface area (Å²) >= 11 is 5.02. The van der Waals surface area contributed by atoms with Crippen LogP contribution in [0.15, 0.2) is 0 Å². The van der Waals surface area contributed by atoms with Crippen LogP contribution in [0.25, 0.3) is 0 Å². The van der Waals surface area contributed by atoms with E-state index in [-0.39, 0.29) is 6.61 Å². The normalized spacial score (nSPS) is 7.80. The zero-order chi connectivity index (χ0) is 8.41. The summed E-state index contributed by atoms with van der Waals surface area (Å²) in [4.78, 5) is 10.7. The van der Waals surface area contributed by atoms with Gasteiger partial charge >= 0.3 is 0 Å². The smallest absolute Gasteiger partial charge is 0.291 e. The Morgan fingerprint density at radius 3 is 2.20 bits per heavy atom. The third-order valence-corrected chi connectivity index (χ3v) is 0.618. The largest absolute Gasteiger partial charge is 0.396 e. The van der Waals surface area contributed by atoms with Crippen molar-refractivity contribution in [3.8, 4) is 0 Å². The van der Waals surface area contributed by atoms with Gasteiger partial charge in [0.05, 0.1) is 0 Å². The molecule has 0 aromatic carbocycles. The minimum atomic E-state index is -1.50. The lowest BCUT2D eigenvalue weighted by molar-refractivity contribution is -0.742. The van der Waals surface area contributed by atoms with Gasteiger partial charge in [-0.2, -0.15) is 0 Å². The predicted octanol–water partition coefficient (Wildman–Crippen LogP) is -0.235. The molecule has 0 atom stereocenters. The molecule has 0 radical (unpaired) electrons. The van der Waals surface area contributed by atoms with Gasteiger partial charge in [0.1, 0.15) is 0 Å². The first-order valence-corrected chi connectivity index (χ1v) is 2.80. The average molecular weight is 173 g/mol. The fourth-order valence-electron chi connectivity index (χ4n) is 0.146. The van der Waals surface area contributed by atoms with Crippen molar-refractivity contribution < 1.29 is 15.4 Å². The number of hydrogen-bond donors (Lipinski definition) is 3. The molecule has 62 valence electrons. The first-order valence-electron chi connectivity index (χ1n) is 2.42. The molecule has 0 spiro atoms. The second-order valence-electron chi connectivity index (χ2n) is 1.20. The Morgan fingerprint density at radius 2 is 2.10 bits per heavy atom. The molecular formula is C3H9ClN2O4. The van der Waals surface area contributed by atoms with Crippen LogP contribution in [0.4, 0.5) is 0 Å². The highest BCUT2D eigenvalue weighted by molar-refractivity contribution is 6.13. The molecule has 0 aromatic heterocycles. The summed E-state index contributed by atoms with van der Waals surface area (Å²) < 4.78 is 0. The Balaban J connectivity index is 0. The van der Waals surface area contributed by atoms with E-state index in [9.17, 15) is 0 Å². The van der Waals surface area contributed by atoms with E-state index in [0.29, 0.717) is 6.54 Å². The lowest BCUT2D eigenvalue weighted by atomic mass is 10.5. The fraction of sp³-hybridized carbons (Fsp3) is 1.00. The summed E-state index contributed by atoms with van der Waals surface area (Å²) in [5, 5.41) is 21.7. The van der Waals surface area contributed by atoms with Crippen LogP contribution in [0.2, 0.25) is 0 Å². The lowest BCUT2D eigenvalue weighted by Crippen LogP contribution is -2.01. The number of rotatable bonds is 3. The van der Waals surface area contributed by atoms with E-state index in [2.05, 4.69) is 4.84 Å². The van der Waals surface area contributed by atoms with Crippen molar-refractivity contribution in [1.29, 1.82) is 0 Å². The SMILES string of the molecule is O=[N+]([O-])O.OCCCNCl. The summed E-state index contributed by atoms with van der Waals surface area (Å²) in [6.07, 6.45) is 0.726. The number of aliphatic hydroxyl groups is 1. The van der Waals surface area contributed by atoms with E-state index in [1.165, 1.54) is 0 Å². The topological polar surface area (TPSA) is 95.6 Å². The lowest BCUT2D eigenvalue weighted by Gasteiger charge is -1.87. The Morgan fingerprint density at radius 1 is 1.70 bits per heavy atom. The summed E-state index contributed by atoms with van der Waals surface area (Å²) in [6.45, 7) is 0.887. The maximum atomic E-state index is 8.36. The van der Waals surface area contributed by atoms with Gasteiger partial charge < -0.3 is 10.3 Å². The zero-order valence-electron chi connectivity index (χ0n) is 5.16. The molecule has 6 nitrogen and oxygen atoms in total. The number of nitrogens with zero attached hydrogens (tertiary/aromatic N) is 1. The third kappa shape index (κ3) is 52.4. The van der Waals surface area contributed by atoms with Gasteiger partial charge in [-0.25, -0.2) is 4.84 Å². The van der Waals surface area contributed by atoms with Crippen molar-refractivity contribution in [3.63, 3.8) is 0 Å². The Labute approximate surface area is 62.6 Å². The molecule has 0 rings (SSSR count). The molecule has 3 N–H and O–H groups in total. The fourth-order valence-corrected chi connectivity index (χ4v) is 0.280. The van der Waals surface area contributed by atoms with Gasteiger partial charge in [0, 0.05) is 13.2 Å². The number of halogens is 1. The summed E-state index contributed by atoms with van der Waals surface area (Å²) in [6, 6.07) is 0. The molecular weight excluding hydrogens is 163 g/mol. The van der Waals surface area contributed by atoms with Gasteiger partial charge in [0.15, 0.2) is 0 Å². The van der Waals surface area contributed by atoms with Gasteiger partial charge in [-0.3, -0.25) is 0 Å². The van der Waals surface area contributed by atoms with Crippen molar-refractivity contribution in [1.82, 2.24) is 4.84 Å². The van der Waals surface area contributed by atoms with Gasteiger partial charge in [-0.1, -0.05) is 0 Å². The van der Waals surface area contributed by atoms with Crippen molar-refractivity contribution in [3.05, 3.63) is 10.1 Å². The first kappa shape index (κ1) is 12.1. The molecule has 0 aromatic rings. The first-order chi connectivity index (χ1) is 4.65. The minimum Gasteiger partial charge on any atom is -0.396 e. The molecule has 0 saturated carbocycles. The van der Waals surface area contributed by atoms with Crippen molar-refractivity contribution in [2.75, 3.05) is 13.2 Å². The van der Waals surface area contributed by atoms with Crippen LogP contribution >= 0.6 is 11.8 Å². The van der Waals surface area contributed by atoms with Crippen LogP contribution in [0.3, 0.4) is 0 Å². The van der Waals surface area contributed by atoms with Gasteiger partial charge in [-0.05, 0) is 18.2 Å². The quantitative estimate of drug-likeness (QED) is 0.236. The molecule has 0 aliphatic heterocycles. The number of hydrogen-bond acceptors (Lipinski definition) is 4.